The van der Waals surface area contributed by atoms with Crippen molar-refractivity contribution in [1.82, 2.24) is 9.88 Å². The molecule has 0 aliphatic rings. The van der Waals surface area contributed by atoms with E-state index in [1.54, 1.807) is 20.0 Å². The first-order chi connectivity index (χ1) is 8.36. The van der Waals surface area contributed by atoms with Gasteiger partial charge >= 0.3 is 0 Å². The highest BCUT2D eigenvalue weighted by Crippen LogP contribution is 2.08. The third kappa shape index (κ3) is 2.97. The first-order valence-corrected chi connectivity index (χ1v) is 5.56. The van der Waals surface area contributed by atoms with Crippen LogP contribution in [0, 0.1) is 13.8 Å². The lowest BCUT2D eigenvalue weighted by Gasteiger charge is -2.23. The van der Waals surface area contributed by atoms with Crippen LogP contribution in [0.25, 0.3) is 0 Å². The Balaban J connectivity index is 3.00. The highest BCUT2D eigenvalue weighted by Gasteiger charge is 2.21. The number of hydrogen-bond acceptors (Lipinski definition) is 4. The van der Waals surface area contributed by atoms with Crippen LogP contribution >= 0.6 is 0 Å². The lowest BCUT2D eigenvalue weighted by Crippen LogP contribution is -2.44. The van der Waals surface area contributed by atoms with Gasteiger partial charge in [-0.1, -0.05) is 5.16 Å². The van der Waals surface area contributed by atoms with Gasteiger partial charge in [0.05, 0.1) is 6.04 Å². The number of aryl methyl sites for hydroxylation is 2. The van der Waals surface area contributed by atoms with Gasteiger partial charge in [-0.05, 0) is 38.5 Å². The summed E-state index contributed by atoms with van der Waals surface area (Å²) in [6.45, 7) is 5.41. The zero-order chi connectivity index (χ0) is 13.9. The first-order valence-electron chi connectivity index (χ1n) is 5.56. The molecule has 0 radical (unpaired) electrons. The van der Waals surface area contributed by atoms with Crippen LogP contribution in [-0.4, -0.2) is 39.9 Å². The van der Waals surface area contributed by atoms with Crippen molar-refractivity contribution in [1.29, 1.82) is 0 Å². The molecule has 1 aromatic rings. The fraction of sp³-hybridized carbons (Fsp3) is 0.417. The maximum absolute atomic E-state index is 12.2. The molecule has 0 aromatic carbocycles. The molecule has 0 saturated carbocycles. The Morgan fingerprint density at radius 3 is 2.61 bits per heavy atom. The van der Waals surface area contributed by atoms with Crippen molar-refractivity contribution in [3.8, 4) is 0 Å². The maximum Gasteiger partial charge on any atom is 0.272 e. The second-order valence-corrected chi connectivity index (χ2v) is 4.29. The van der Waals surface area contributed by atoms with Crippen LogP contribution in [0.4, 0.5) is 0 Å². The summed E-state index contributed by atoms with van der Waals surface area (Å²) < 4.78 is 0. The number of nitrogens with two attached hydrogens (primary N) is 1. The molecule has 0 saturated heterocycles. The zero-order valence-electron chi connectivity index (χ0n) is 11.0. The summed E-state index contributed by atoms with van der Waals surface area (Å²) in [6, 6.07) is 3.11. The Morgan fingerprint density at radius 1 is 1.50 bits per heavy atom. The first kappa shape index (κ1) is 14.0. The van der Waals surface area contributed by atoms with E-state index in [0.717, 1.165) is 11.3 Å². The van der Waals surface area contributed by atoms with E-state index in [9.17, 15) is 4.79 Å². The fourth-order valence-corrected chi connectivity index (χ4v) is 1.59. The zero-order valence-corrected chi connectivity index (χ0v) is 11.0. The second kappa shape index (κ2) is 5.48. The van der Waals surface area contributed by atoms with E-state index < -0.39 is 6.04 Å². The van der Waals surface area contributed by atoms with E-state index in [4.69, 9.17) is 10.9 Å². The summed E-state index contributed by atoms with van der Waals surface area (Å²) in [5.74, 6) is -0.281. The lowest BCUT2D eigenvalue weighted by atomic mass is 10.2. The Bertz CT molecular complexity index is 465. The number of pyridine rings is 1. The minimum Gasteiger partial charge on any atom is -0.409 e. The van der Waals surface area contributed by atoms with Crippen LogP contribution in [0.5, 0.6) is 0 Å². The molecule has 6 heteroatoms. The molecule has 1 unspecified atom stereocenters. The minimum absolute atomic E-state index is 0.0183. The molecule has 1 heterocycles. The molecule has 1 atom stereocenters. The van der Waals surface area contributed by atoms with Crippen molar-refractivity contribution < 1.29 is 10.0 Å². The third-order valence-electron chi connectivity index (χ3n) is 2.76. The number of nitrogens with zero attached hydrogens (tertiary/aromatic N) is 3. The number of carbonyl (C=O) groups is 1. The molecular formula is C12H18N4O2. The average molecular weight is 250 g/mol. The number of hydrogen-bond donors (Lipinski definition) is 2. The fourth-order valence-electron chi connectivity index (χ4n) is 1.59. The molecule has 0 aliphatic heterocycles. The largest absolute Gasteiger partial charge is 0.409 e. The number of rotatable bonds is 3. The van der Waals surface area contributed by atoms with E-state index in [0.29, 0.717) is 5.69 Å². The monoisotopic (exact) mass is 250 g/mol. The maximum atomic E-state index is 12.2. The summed E-state index contributed by atoms with van der Waals surface area (Å²) >= 11 is 0. The highest BCUT2D eigenvalue weighted by molar-refractivity contribution is 5.96. The van der Waals surface area contributed by atoms with Gasteiger partial charge in [0.25, 0.3) is 5.91 Å². The molecule has 6 nitrogen and oxygen atoms in total. The summed E-state index contributed by atoms with van der Waals surface area (Å²) in [5.41, 5.74) is 7.58. The van der Waals surface area contributed by atoms with Gasteiger partial charge in [0.2, 0.25) is 0 Å². The van der Waals surface area contributed by atoms with Gasteiger partial charge in [-0.25, -0.2) is 4.98 Å². The summed E-state index contributed by atoms with van der Waals surface area (Å²) in [4.78, 5) is 17.8. The topological polar surface area (TPSA) is 91.8 Å². The molecule has 0 bridgehead atoms. The normalized spacial score (nSPS) is 13.2. The SMILES string of the molecule is Cc1cc(C)nc(C(=O)N(C)C(C)/C(N)=N/O)c1. The molecule has 18 heavy (non-hydrogen) atoms. The molecule has 0 fully saturated rings. The summed E-state index contributed by atoms with van der Waals surface area (Å²) in [6.07, 6.45) is 0. The number of likely N-dealkylation sites (N-methyl/N-ethyl adjacent to an activating group) is 1. The molecular weight excluding hydrogens is 232 g/mol. The Labute approximate surface area is 106 Å². The number of carbonyl (C=O) groups excluding carboxylic acids is 1. The predicted octanol–water partition coefficient (Wildman–Crippen LogP) is 0.905. The van der Waals surface area contributed by atoms with Crippen molar-refractivity contribution in [2.45, 2.75) is 26.8 Å². The third-order valence-corrected chi connectivity index (χ3v) is 2.76. The van der Waals surface area contributed by atoms with Crippen LogP contribution in [-0.2, 0) is 0 Å². The Hall–Kier alpha value is -2.11. The van der Waals surface area contributed by atoms with Crippen LogP contribution < -0.4 is 5.73 Å². The van der Waals surface area contributed by atoms with Gasteiger partial charge in [0.1, 0.15) is 5.69 Å². The van der Waals surface area contributed by atoms with Crippen molar-refractivity contribution in [2.75, 3.05) is 7.05 Å². The van der Waals surface area contributed by atoms with Crippen LogP contribution in [0.15, 0.2) is 17.3 Å². The van der Waals surface area contributed by atoms with E-state index >= 15 is 0 Å². The lowest BCUT2D eigenvalue weighted by molar-refractivity contribution is 0.0770. The van der Waals surface area contributed by atoms with Gasteiger partial charge in [0.15, 0.2) is 5.84 Å². The van der Waals surface area contributed by atoms with Gasteiger partial charge in [-0.3, -0.25) is 4.79 Å². The van der Waals surface area contributed by atoms with Crippen molar-refractivity contribution >= 4 is 11.7 Å². The van der Waals surface area contributed by atoms with E-state index in [-0.39, 0.29) is 11.7 Å². The molecule has 3 N–H and O–H groups in total. The van der Waals surface area contributed by atoms with Crippen molar-refractivity contribution in [3.05, 3.63) is 29.1 Å². The predicted molar refractivity (Wildman–Crippen MR) is 68.7 cm³/mol. The van der Waals surface area contributed by atoms with Crippen LogP contribution in [0.2, 0.25) is 0 Å². The van der Waals surface area contributed by atoms with Gasteiger partial charge < -0.3 is 15.8 Å². The van der Waals surface area contributed by atoms with Crippen molar-refractivity contribution in [3.63, 3.8) is 0 Å². The molecule has 1 amide bonds. The molecule has 0 spiro atoms. The van der Waals surface area contributed by atoms with E-state index in [2.05, 4.69) is 10.1 Å². The smallest absolute Gasteiger partial charge is 0.272 e. The van der Waals surface area contributed by atoms with E-state index in [1.165, 1.54) is 4.90 Å². The summed E-state index contributed by atoms with van der Waals surface area (Å²) in [7, 11) is 1.59. The van der Waals surface area contributed by atoms with Gasteiger partial charge in [-0.15, -0.1) is 0 Å². The van der Waals surface area contributed by atoms with E-state index in [1.807, 2.05) is 19.9 Å². The molecule has 0 aliphatic carbocycles. The number of aromatic nitrogens is 1. The number of amidine groups is 1. The Morgan fingerprint density at radius 2 is 2.11 bits per heavy atom. The quantitative estimate of drug-likeness (QED) is 0.361. The highest BCUT2D eigenvalue weighted by atomic mass is 16.4. The number of oxime groups is 1. The van der Waals surface area contributed by atoms with Crippen molar-refractivity contribution in [2.24, 2.45) is 10.9 Å². The van der Waals surface area contributed by atoms with Crippen LogP contribution in [0.1, 0.15) is 28.7 Å². The van der Waals surface area contributed by atoms with Gasteiger partial charge in [-0.2, -0.15) is 0 Å². The summed E-state index contributed by atoms with van der Waals surface area (Å²) in [5, 5.41) is 11.5. The average Bonchev–Trinajstić information content (AvgIpc) is 2.33. The van der Waals surface area contributed by atoms with Gasteiger partial charge in [0, 0.05) is 12.7 Å². The standard InChI is InChI=1S/C12H18N4O2/c1-7-5-8(2)14-10(6-7)12(17)16(4)9(3)11(13)15-18/h5-6,9,18H,1-4H3,(H2,13,15). The number of amides is 1. The van der Waals surface area contributed by atoms with Crippen LogP contribution in [0.3, 0.4) is 0 Å². The molecule has 1 rings (SSSR count). The molecule has 98 valence electrons. The minimum atomic E-state index is -0.495. The Kier molecular flexibility index (Phi) is 4.25. The second-order valence-electron chi connectivity index (χ2n) is 4.29. The molecule has 1 aromatic heterocycles.